The summed E-state index contributed by atoms with van der Waals surface area (Å²) in [7, 11) is 1.26. The predicted octanol–water partition coefficient (Wildman–Crippen LogP) is 6.96. The number of guanidine groups is 1. The molecule has 1 unspecified atom stereocenters. The fourth-order valence-electron chi connectivity index (χ4n) is 6.73. The number of amides is 1. The molecule has 2 aromatic carbocycles. The van der Waals surface area contributed by atoms with Gasteiger partial charge in [0.15, 0.2) is 0 Å². The average Bonchev–Trinajstić information content (AvgIpc) is 3.04. The molecule has 0 saturated carbocycles. The number of nitrogens with two attached hydrogens (primary N) is 2. The summed E-state index contributed by atoms with van der Waals surface area (Å²) in [6.45, 7) is 3.18. The van der Waals surface area contributed by atoms with E-state index in [9.17, 15) is 44.3 Å². The van der Waals surface area contributed by atoms with Crippen molar-refractivity contribution < 1.29 is 44.3 Å². The minimum Gasteiger partial charge on any atom is -0.368 e. The van der Waals surface area contributed by atoms with Crippen LogP contribution < -0.4 is 11.6 Å². The van der Waals surface area contributed by atoms with Crippen LogP contribution in [0.25, 0.3) is 0 Å². The van der Waals surface area contributed by atoms with Crippen LogP contribution in [0.2, 0.25) is 0 Å². The average molecular weight is 724 g/mol. The lowest BCUT2D eigenvalue weighted by molar-refractivity contribution is -0.143. The van der Waals surface area contributed by atoms with Gasteiger partial charge in [-0.3, -0.25) is 9.69 Å². The third kappa shape index (κ3) is 9.95. The molecule has 2 heterocycles. The Morgan fingerprint density at radius 1 is 0.840 bits per heavy atom. The Hall–Kier alpha value is -3.73. The van der Waals surface area contributed by atoms with Crippen LogP contribution in [0.4, 0.5) is 39.5 Å². The summed E-state index contributed by atoms with van der Waals surface area (Å²) >= 11 is 0. The number of carbonyl (C=O) groups excluding carboxylic acids is 1. The first-order valence-corrected chi connectivity index (χ1v) is 16.4. The highest BCUT2D eigenvalue weighted by atomic mass is 19.4. The number of likely N-dealkylation sites (tertiary alicyclic amines) is 2. The molecule has 0 bridgehead atoms. The van der Waals surface area contributed by atoms with Crippen molar-refractivity contribution in [3.63, 3.8) is 0 Å². The summed E-state index contributed by atoms with van der Waals surface area (Å²) in [4.78, 5) is 18.2. The number of hydrazine groups is 1. The van der Waals surface area contributed by atoms with Crippen molar-refractivity contribution in [3.05, 3.63) is 69.8 Å². The smallest absolute Gasteiger partial charge is 0.368 e. The first-order valence-electron chi connectivity index (χ1n) is 16.4. The van der Waals surface area contributed by atoms with Gasteiger partial charge >= 0.3 is 18.5 Å². The van der Waals surface area contributed by atoms with Crippen molar-refractivity contribution in [2.24, 2.45) is 22.6 Å². The molecule has 4 N–H and O–H groups in total. The van der Waals surface area contributed by atoms with Crippen molar-refractivity contribution in [3.8, 4) is 0 Å². The zero-order valence-electron chi connectivity index (χ0n) is 27.8. The Balaban J connectivity index is 1.70. The number of carbonyl (C=O) groups is 1. The number of halogens is 9. The van der Waals surface area contributed by atoms with Crippen LogP contribution in [0.5, 0.6) is 0 Å². The Bertz CT molecular complexity index is 1460. The molecular formula is C33H42F9N7O. The Labute approximate surface area is 284 Å². The van der Waals surface area contributed by atoms with Gasteiger partial charge < -0.3 is 15.5 Å². The molecule has 2 saturated heterocycles. The summed E-state index contributed by atoms with van der Waals surface area (Å²) < 4.78 is 124. The second kappa shape index (κ2) is 15.7. The lowest BCUT2D eigenvalue weighted by Crippen LogP contribution is -2.45. The Morgan fingerprint density at radius 3 is 1.90 bits per heavy atom. The third-order valence-corrected chi connectivity index (χ3v) is 9.17. The third-order valence-electron chi connectivity index (χ3n) is 9.17. The van der Waals surface area contributed by atoms with Crippen LogP contribution in [0, 0.1) is 5.92 Å². The van der Waals surface area contributed by atoms with Crippen LogP contribution in [-0.4, -0.2) is 64.9 Å². The van der Waals surface area contributed by atoms with Crippen molar-refractivity contribution in [1.29, 1.82) is 0 Å². The van der Waals surface area contributed by atoms with E-state index < -0.39 is 65.9 Å². The molecule has 0 aliphatic carbocycles. The van der Waals surface area contributed by atoms with Gasteiger partial charge in [-0.2, -0.15) is 39.5 Å². The number of rotatable bonds is 9. The van der Waals surface area contributed by atoms with E-state index in [2.05, 4.69) is 10.0 Å². The molecule has 0 spiro atoms. The molecule has 50 heavy (non-hydrogen) atoms. The molecule has 1 atom stereocenters. The molecule has 17 heteroatoms. The van der Waals surface area contributed by atoms with Gasteiger partial charge in [-0.05, 0) is 98.6 Å². The van der Waals surface area contributed by atoms with E-state index in [1.807, 2.05) is 11.8 Å². The summed E-state index contributed by atoms with van der Waals surface area (Å²) in [5, 5.41) is 4.61. The van der Waals surface area contributed by atoms with Crippen LogP contribution in [0.1, 0.15) is 84.9 Å². The summed E-state index contributed by atoms with van der Waals surface area (Å²) in [5.74, 6) is 5.10. The van der Waals surface area contributed by atoms with Gasteiger partial charge in [0.2, 0.25) is 11.9 Å². The number of benzene rings is 2. The number of hydrogen-bond donors (Lipinski definition) is 2. The molecular weight excluding hydrogens is 681 g/mol. The molecule has 8 nitrogen and oxygen atoms in total. The number of alkyl halides is 9. The van der Waals surface area contributed by atoms with Gasteiger partial charge in [0, 0.05) is 45.2 Å². The highest BCUT2D eigenvalue weighted by molar-refractivity contribution is 5.79. The van der Waals surface area contributed by atoms with Crippen molar-refractivity contribution in [2.45, 2.75) is 83.1 Å². The molecule has 0 aromatic heterocycles. The molecule has 0 radical (unpaired) electrons. The molecule has 278 valence electrons. The van der Waals surface area contributed by atoms with Gasteiger partial charge in [-0.1, -0.05) is 13.0 Å². The zero-order chi connectivity index (χ0) is 37.0. The molecule has 2 aliphatic heterocycles. The highest BCUT2D eigenvalue weighted by Crippen LogP contribution is 2.39. The maximum Gasteiger partial charge on any atom is 0.416 e. The van der Waals surface area contributed by atoms with Crippen molar-refractivity contribution in [1.82, 2.24) is 19.8 Å². The number of hydrogen-bond acceptors (Lipinski definition) is 5. The monoisotopic (exact) mass is 723 g/mol. The first kappa shape index (κ1) is 39.1. The van der Waals surface area contributed by atoms with Gasteiger partial charge in [0.25, 0.3) is 0 Å². The van der Waals surface area contributed by atoms with Gasteiger partial charge in [0.05, 0.1) is 16.7 Å². The maximum atomic E-state index is 14.0. The topological polar surface area (TPSA) is 94.4 Å². The summed E-state index contributed by atoms with van der Waals surface area (Å²) in [6.07, 6.45) is -10.4. The van der Waals surface area contributed by atoms with Crippen LogP contribution in [0.15, 0.2) is 41.5 Å². The normalized spacial score (nSPS) is 17.9. The molecule has 1 amide bonds. The number of hydrazone groups is 1. The summed E-state index contributed by atoms with van der Waals surface area (Å²) in [6, 6.07) is 3.80. The van der Waals surface area contributed by atoms with E-state index in [0.717, 1.165) is 54.5 Å². The predicted molar refractivity (Wildman–Crippen MR) is 168 cm³/mol. The maximum absolute atomic E-state index is 14.0. The quantitative estimate of drug-likeness (QED) is 0.0957. The second-order valence-corrected chi connectivity index (χ2v) is 12.8. The Morgan fingerprint density at radius 2 is 1.40 bits per heavy atom. The van der Waals surface area contributed by atoms with Crippen LogP contribution in [0.3, 0.4) is 0 Å². The van der Waals surface area contributed by atoms with Gasteiger partial charge in [-0.15, -0.1) is 5.10 Å². The lowest BCUT2D eigenvalue weighted by Gasteiger charge is -2.40. The standard InChI is InChI=1S/C33H42F9N7O/c1-3-28(47-13-9-22(10-14-47)29(50)48-11-5-4-6-12-48)27-8-7-24(31(34,35)36)17-23(27)20-49(30(43)45-46(2)44)19-21-15-25(32(37,38)39)18-26(16-21)33(40,41)42/h7-8,15-18,22,28H,3-6,9-14,19-20,44H2,1-2H3,(H2,43,45). The van der Waals surface area contributed by atoms with Crippen molar-refractivity contribution in [2.75, 3.05) is 33.2 Å². The fraction of sp³-hybridized carbons (Fsp3) is 0.576. The van der Waals surface area contributed by atoms with E-state index in [1.54, 1.807) is 0 Å². The van der Waals surface area contributed by atoms with E-state index >= 15 is 0 Å². The van der Waals surface area contributed by atoms with Gasteiger partial charge in [0.1, 0.15) is 0 Å². The zero-order valence-corrected chi connectivity index (χ0v) is 27.8. The lowest BCUT2D eigenvalue weighted by atomic mass is 9.89. The van der Waals surface area contributed by atoms with Gasteiger partial charge in [-0.25, -0.2) is 11.0 Å². The molecule has 4 rings (SSSR count). The van der Waals surface area contributed by atoms with E-state index in [0.29, 0.717) is 50.0 Å². The summed E-state index contributed by atoms with van der Waals surface area (Å²) in [5.41, 5.74) is 2.14. The number of piperidine rings is 2. The SMILES string of the molecule is CCC(c1ccc(C(F)(F)F)cc1CN(Cc1cc(C(F)(F)F)cc(C(F)(F)F)c1)/C(N)=N/N(C)N)N1CCC(C(=O)N2CCCCC2)CC1. The Kier molecular flexibility index (Phi) is 12.2. The van der Waals surface area contributed by atoms with E-state index in [-0.39, 0.29) is 23.5 Å². The van der Waals surface area contributed by atoms with Crippen LogP contribution >= 0.6 is 0 Å². The van der Waals surface area contributed by atoms with E-state index in [1.165, 1.54) is 13.1 Å². The first-order chi connectivity index (χ1) is 23.3. The van der Waals surface area contributed by atoms with E-state index in [4.69, 9.17) is 11.6 Å². The van der Waals surface area contributed by atoms with Crippen LogP contribution in [-0.2, 0) is 36.4 Å². The molecule has 2 aromatic rings. The minimum atomic E-state index is -5.12. The van der Waals surface area contributed by atoms with Crippen molar-refractivity contribution >= 4 is 11.9 Å². The second-order valence-electron chi connectivity index (χ2n) is 12.8. The minimum absolute atomic E-state index is 0.0149. The molecule has 2 fully saturated rings. The highest BCUT2D eigenvalue weighted by Gasteiger charge is 2.38. The fourth-order valence-corrected chi connectivity index (χ4v) is 6.73. The number of nitrogens with zero attached hydrogens (tertiary/aromatic N) is 5. The molecule has 2 aliphatic rings. The largest absolute Gasteiger partial charge is 0.416 e.